The summed E-state index contributed by atoms with van der Waals surface area (Å²) in [6.07, 6.45) is 1.71. The van der Waals surface area contributed by atoms with Gasteiger partial charge in [-0.25, -0.2) is 8.42 Å². The second-order valence-electron chi connectivity index (χ2n) is 7.67. The molecule has 0 aliphatic carbocycles. The third-order valence-corrected chi connectivity index (χ3v) is 7.61. The van der Waals surface area contributed by atoms with Gasteiger partial charge in [-0.05, 0) is 43.9 Å². The molecule has 1 saturated heterocycles. The first-order valence-corrected chi connectivity index (χ1v) is 11.7. The summed E-state index contributed by atoms with van der Waals surface area (Å²) in [6.45, 7) is 4.59. The second-order valence-corrected chi connectivity index (χ2v) is 9.57. The number of nitriles is 1. The van der Waals surface area contributed by atoms with Gasteiger partial charge in [0.1, 0.15) is 6.07 Å². The van der Waals surface area contributed by atoms with Crippen molar-refractivity contribution >= 4 is 15.9 Å². The van der Waals surface area contributed by atoms with Gasteiger partial charge in [0.05, 0.1) is 16.5 Å². The zero-order valence-electron chi connectivity index (χ0n) is 17.3. The van der Waals surface area contributed by atoms with Gasteiger partial charge >= 0.3 is 0 Å². The summed E-state index contributed by atoms with van der Waals surface area (Å²) in [4.78, 5) is 12.8. The zero-order valence-corrected chi connectivity index (χ0v) is 18.2. The molecule has 0 spiro atoms. The number of benzene rings is 2. The zero-order chi connectivity index (χ0) is 21.7. The van der Waals surface area contributed by atoms with E-state index in [0.717, 1.165) is 12.0 Å². The van der Waals surface area contributed by atoms with Crippen LogP contribution in [0.25, 0.3) is 0 Å². The van der Waals surface area contributed by atoms with Crippen LogP contribution < -0.4 is 5.32 Å². The van der Waals surface area contributed by atoms with Crippen molar-refractivity contribution in [2.75, 3.05) is 13.1 Å². The number of amides is 1. The number of piperidine rings is 1. The van der Waals surface area contributed by atoms with Crippen molar-refractivity contribution in [1.29, 1.82) is 5.26 Å². The molecular formula is C23H27N3O3S. The Morgan fingerprint density at radius 1 is 1.17 bits per heavy atom. The maximum Gasteiger partial charge on any atom is 0.244 e. The van der Waals surface area contributed by atoms with Gasteiger partial charge in [-0.2, -0.15) is 9.57 Å². The molecule has 1 amide bonds. The van der Waals surface area contributed by atoms with E-state index in [2.05, 4.69) is 5.32 Å². The number of nitrogens with zero attached hydrogens (tertiary/aromatic N) is 2. The third-order valence-electron chi connectivity index (χ3n) is 5.65. The Labute approximate surface area is 178 Å². The predicted octanol–water partition coefficient (Wildman–Crippen LogP) is 3.53. The van der Waals surface area contributed by atoms with Crippen LogP contribution in [-0.4, -0.2) is 31.7 Å². The normalized spacial score (nSPS) is 16.6. The molecule has 7 heteroatoms. The van der Waals surface area contributed by atoms with Crippen LogP contribution in [0.5, 0.6) is 0 Å². The fourth-order valence-corrected chi connectivity index (χ4v) is 5.40. The summed E-state index contributed by atoms with van der Waals surface area (Å²) in [5.41, 5.74) is 2.39. The van der Waals surface area contributed by atoms with E-state index >= 15 is 0 Å². The molecule has 6 nitrogen and oxygen atoms in total. The van der Waals surface area contributed by atoms with Crippen LogP contribution in [0.3, 0.4) is 0 Å². The van der Waals surface area contributed by atoms with Crippen LogP contribution in [-0.2, 0) is 14.8 Å². The lowest BCUT2D eigenvalue weighted by Crippen LogP contribution is -2.43. The van der Waals surface area contributed by atoms with Gasteiger partial charge in [-0.3, -0.25) is 4.79 Å². The number of hydrogen-bond acceptors (Lipinski definition) is 4. The number of hydrogen-bond donors (Lipinski definition) is 1. The van der Waals surface area contributed by atoms with E-state index in [1.165, 1.54) is 22.0 Å². The maximum absolute atomic E-state index is 13.0. The number of rotatable bonds is 6. The highest BCUT2D eigenvalue weighted by molar-refractivity contribution is 7.89. The standard InChI is InChI=1S/C23H27N3O3S/c1-3-21(18-10-8-17(2)9-11-18)25-23(27)19-12-14-26(15-13-19)30(28,29)22-7-5-4-6-20(22)16-24/h4-11,19,21H,3,12-15H2,1-2H3,(H,25,27)/t21-/m1/s1. The Hall–Kier alpha value is -2.69. The quantitative estimate of drug-likeness (QED) is 0.766. The van der Waals surface area contributed by atoms with E-state index in [-0.39, 0.29) is 41.4 Å². The first-order valence-electron chi connectivity index (χ1n) is 10.2. The number of sulfonamides is 1. The maximum atomic E-state index is 13.0. The number of nitrogens with one attached hydrogen (secondary N) is 1. The van der Waals surface area contributed by atoms with Crippen LogP contribution in [0.15, 0.2) is 53.4 Å². The fourth-order valence-electron chi connectivity index (χ4n) is 3.79. The summed E-state index contributed by atoms with van der Waals surface area (Å²) in [5.74, 6) is -0.251. The average Bonchev–Trinajstić information content (AvgIpc) is 2.78. The minimum atomic E-state index is -3.75. The highest BCUT2D eigenvalue weighted by Gasteiger charge is 2.33. The lowest BCUT2D eigenvalue weighted by Gasteiger charge is -2.31. The minimum Gasteiger partial charge on any atom is -0.349 e. The molecule has 0 radical (unpaired) electrons. The molecule has 1 fully saturated rings. The molecule has 1 atom stereocenters. The van der Waals surface area contributed by atoms with Gasteiger partial charge in [0.2, 0.25) is 15.9 Å². The van der Waals surface area contributed by atoms with Gasteiger partial charge in [0.15, 0.2) is 0 Å². The summed E-state index contributed by atoms with van der Waals surface area (Å²) in [5, 5.41) is 12.4. The van der Waals surface area contributed by atoms with E-state index in [0.29, 0.717) is 12.8 Å². The lowest BCUT2D eigenvalue weighted by atomic mass is 9.95. The molecule has 1 heterocycles. The van der Waals surface area contributed by atoms with Crippen molar-refractivity contribution in [3.63, 3.8) is 0 Å². The van der Waals surface area contributed by atoms with Gasteiger partial charge in [0, 0.05) is 19.0 Å². The highest BCUT2D eigenvalue weighted by Crippen LogP contribution is 2.27. The monoisotopic (exact) mass is 425 g/mol. The Kier molecular flexibility index (Phi) is 6.91. The van der Waals surface area contributed by atoms with Crippen LogP contribution in [0.4, 0.5) is 0 Å². The molecule has 1 N–H and O–H groups in total. The van der Waals surface area contributed by atoms with Gasteiger partial charge in [-0.1, -0.05) is 48.9 Å². The topological polar surface area (TPSA) is 90.3 Å². The molecule has 0 bridgehead atoms. The van der Waals surface area contributed by atoms with Crippen LogP contribution in [0.2, 0.25) is 0 Å². The van der Waals surface area contributed by atoms with Crippen molar-refractivity contribution in [3.05, 3.63) is 65.2 Å². The van der Waals surface area contributed by atoms with Crippen LogP contribution in [0.1, 0.15) is 48.9 Å². The van der Waals surface area contributed by atoms with Crippen molar-refractivity contribution in [2.24, 2.45) is 5.92 Å². The molecule has 30 heavy (non-hydrogen) atoms. The Morgan fingerprint density at radius 2 is 1.80 bits per heavy atom. The second kappa shape index (κ2) is 9.41. The first kappa shape index (κ1) is 22.0. The van der Waals surface area contributed by atoms with E-state index < -0.39 is 10.0 Å². The molecule has 2 aromatic carbocycles. The first-order chi connectivity index (χ1) is 14.4. The van der Waals surface area contributed by atoms with Gasteiger partial charge in [0.25, 0.3) is 0 Å². The minimum absolute atomic E-state index is 0.0285. The molecular weight excluding hydrogens is 398 g/mol. The molecule has 158 valence electrons. The summed E-state index contributed by atoms with van der Waals surface area (Å²) < 4.78 is 27.3. The van der Waals surface area contributed by atoms with Crippen molar-refractivity contribution in [2.45, 2.75) is 44.0 Å². The summed E-state index contributed by atoms with van der Waals surface area (Å²) in [7, 11) is -3.75. The fraction of sp³-hybridized carbons (Fsp3) is 0.391. The highest BCUT2D eigenvalue weighted by atomic mass is 32.2. The van der Waals surface area contributed by atoms with E-state index in [1.54, 1.807) is 12.1 Å². The summed E-state index contributed by atoms with van der Waals surface area (Å²) in [6, 6.07) is 16.2. The molecule has 2 aromatic rings. The van der Waals surface area contributed by atoms with Crippen molar-refractivity contribution < 1.29 is 13.2 Å². The largest absolute Gasteiger partial charge is 0.349 e. The Morgan fingerprint density at radius 3 is 2.40 bits per heavy atom. The van der Waals surface area contributed by atoms with Crippen molar-refractivity contribution in [1.82, 2.24) is 9.62 Å². The third kappa shape index (κ3) is 4.72. The van der Waals surface area contributed by atoms with E-state index in [4.69, 9.17) is 0 Å². The number of carbonyl (C=O) groups is 1. The summed E-state index contributed by atoms with van der Waals surface area (Å²) >= 11 is 0. The van der Waals surface area contributed by atoms with Crippen LogP contribution in [0, 0.1) is 24.2 Å². The SMILES string of the molecule is CC[C@@H](NC(=O)C1CCN(S(=O)(=O)c2ccccc2C#N)CC1)c1ccc(C)cc1. The molecule has 1 aliphatic heterocycles. The molecule has 1 aliphatic rings. The van der Waals surface area contributed by atoms with E-state index in [9.17, 15) is 18.5 Å². The lowest BCUT2D eigenvalue weighted by molar-refractivity contribution is -0.126. The molecule has 0 aromatic heterocycles. The molecule has 0 saturated carbocycles. The Bertz CT molecular complexity index is 1030. The number of carbonyl (C=O) groups excluding carboxylic acids is 1. The Balaban J connectivity index is 1.64. The van der Waals surface area contributed by atoms with Crippen molar-refractivity contribution in [3.8, 4) is 6.07 Å². The van der Waals surface area contributed by atoms with Gasteiger partial charge < -0.3 is 5.32 Å². The van der Waals surface area contributed by atoms with Gasteiger partial charge in [-0.15, -0.1) is 0 Å². The molecule has 3 rings (SSSR count). The predicted molar refractivity (Wildman–Crippen MR) is 115 cm³/mol. The molecule has 0 unspecified atom stereocenters. The van der Waals surface area contributed by atoms with Crippen LogP contribution >= 0.6 is 0 Å². The number of aryl methyl sites for hydroxylation is 1. The smallest absolute Gasteiger partial charge is 0.244 e. The average molecular weight is 426 g/mol. The van der Waals surface area contributed by atoms with E-state index in [1.807, 2.05) is 44.2 Å².